The van der Waals surface area contributed by atoms with Gasteiger partial charge in [-0.15, -0.1) is 0 Å². The second-order valence-electron chi connectivity index (χ2n) is 7.42. The van der Waals surface area contributed by atoms with Crippen molar-refractivity contribution in [1.82, 2.24) is 14.9 Å². The molecule has 1 N–H and O–H groups in total. The zero-order valence-electron chi connectivity index (χ0n) is 16.7. The van der Waals surface area contributed by atoms with Gasteiger partial charge in [0.25, 0.3) is 0 Å². The minimum atomic E-state index is -0.194. The van der Waals surface area contributed by atoms with Crippen LogP contribution in [0.25, 0.3) is 15.9 Å². The second-order valence-corrected chi connectivity index (χ2v) is 7.83. The Bertz CT molecular complexity index is 1140. The molecule has 4 rings (SSSR count). The Hall–Kier alpha value is -3.37. The number of hydrogen-bond donors (Lipinski definition) is 1. The van der Waals surface area contributed by atoms with Gasteiger partial charge in [-0.2, -0.15) is 0 Å². The molecule has 152 valence electrons. The van der Waals surface area contributed by atoms with Gasteiger partial charge in [-0.3, -0.25) is 10.3 Å². The SMILES string of the molecule is [C-]#[N+]c1ccc(N2C[C@@H](C)N(C(=O)Nc3cnc4ccccc4n3)C[C@@H]2C)cc1Cl. The number of rotatable bonds is 2. The van der Waals surface area contributed by atoms with Crippen molar-refractivity contribution >= 4 is 45.9 Å². The molecule has 3 aromatic rings. The van der Waals surface area contributed by atoms with Crippen molar-refractivity contribution in [3.8, 4) is 0 Å². The Kier molecular flexibility index (Phi) is 5.42. The first-order valence-corrected chi connectivity index (χ1v) is 10.1. The molecule has 0 radical (unpaired) electrons. The van der Waals surface area contributed by atoms with E-state index in [-0.39, 0.29) is 18.1 Å². The Morgan fingerprint density at radius 3 is 2.67 bits per heavy atom. The predicted octanol–water partition coefficient (Wildman–Crippen LogP) is 4.97. The molecule has 1 aliphatic heterocycles. The molecule has 30 heavy (non-hydrogen) atoms. The lowest BCUT2D eigenvalue weighted by Crippen LogP contribution is -2.59. The van der Waals surface area contributed by atoms with E-state index in [0.29, 0.717) is 29.6 Å². The first-order chi connectivity index (χ1) is 14.5. The lowest BCUT2D eigenvalue weighted by atomic mass is 10.1. The summed E-state index contributed by atoms with van der Waals surface area (Å²) in [6.45, 7) is 12.4. The lowest BCUT2D eigenvalue weighted by Gasteiger charge is -2.45. The molecule has 2 heterocycles. The zero-order valence-corrected chi connectivity index (χ0v) is 17.5. The van der Waals surface area contributed by atoms with E-state index in [0.717, 1.165) is 16.7 Å². The van der Waals surface area contributed by atoms with Gasteiger partial charge >= 0.3 is 6.03 Å². The number of hydrogen-bond acceptors (Lipinski definition) is 4. The van der Waals surface area contributed by atoms with Crippen LogP contribution in [-0.4, -0.2) is 46.1 Å². The van der Waals surface area contributed by atoms with Crippen molar-refractivity contribution in [1.29, 1.82) is 0 Å². The van der Waals surface area contributed by atoms with Crippen LogP contribution in [0.4, 0.5) is 22.0 Å². The second kappa shape index (κ2) is 8.17. The highest BCUT2D eigenvalue weighted by molar-refractivity contribution is 6.33. The summed E-state index contributed by atoms with van der Waals surface area (Å²) in [5.41, 5.74) is 2.91. The fourth-order valence-corrected chi connectivity index (χ4v) is 3.95. The van der Waals surface area contributed by atoms with Gasteiger partial charge < -0.3 is 9.80 Å². The molecule has 0 saturated carbocycles. The Balaban J connectivity index is 1.47. The number of piperazine rings is 1. The van der Waals surface area contributed by atoms with Crippen molar-refractivity contribution < 1.29 is 4.79 Å². The summed E-state index contributed by atoms with van der Waals surface area (Å²) in [6.07, 6.45) is 1.57. The van der Waals surface area contributed by atoms with Gasteiger partial charge in [-0.25, -0.2) is 14.6 Å². The summed E-state index contributed by atoms with van der Waals surface area (Å²) >= 11 is 6.22. The van der Waals surface area contributed by atoms with E-state index in [9.17, 15) is 4.79 Å². The monoisotopic (exact) mass is 420 g/mol. The van der Waals surface area contributed by atoms with Gasteiger partial charge in [0, 0.05) is 35.9 Å². The molecule has 2 aromatic carbocycles. The molecule has 0 aliphatic carbocycles. The van der Waals surface area contributed by atoms with E-state index >= 15 is 0 Å². The van der Waals surface area contributed by atoms with Crippen LogP contribution in [0.2, 0.25) is 5.02 Å². The fraction of sp³-hybridized carbons (Fsp3) is 0.273. The van der Waals surface area contributed by atoms with E-state index in [1.165, 1.54) is 0 Å². The van der Waals surface area contributed by atoms with Gasteiger partial charge in [0.2, 0.25) is 5.69 Å². The molecule has 7 nitrogen and oxygen atoms in total. The molecule has 1 aliphatic rings. The average molecular weight is 421 g/mol. The third kappa shape index (κ3) is 3.87. The Labute approximate surface area is 180 Å². The topological polar surface area (TPSA) is 65.7 Å². The van der Waals surface area contributed by atoms with E-state index < -0.39 is 0 Å². The molecule has 1 aromatic heterocycles. The van der Waals surface area contributed by atoms with Crippen molar-refractivity contribution in [3.05, 3.63) is 65.1 Å². The number of anilines is 2. The van der Waals surface area contributed by atoms with Crippen LogP contribution in [0.5, 0.6) is 0 Å². The number of carbonyl (C=O) groups is 1. The maximum atomic E-state index is 12.9. The summed E-state index contributed by atoms with van der Waals surface area (Å²) in [5.74, 6) is 0.433. The molecule has 1 saturated heterocycles. The summed E-state index contributed by atoms with van der Waals surface area (Å²) in [6, 6.07) is 12.9. The number of para-hydroxylation sites is 2. The van der Waals surface area contributed by atoms with Gasteiger partial charge in [0.1, 0.15) is 0 Å². The van der Waals surface area contributed by atoms with Crippen LogP contribution < -0.4 is 10.2 Å². The maximum absolute atomic E-state index is 12.9. The van der Waals surface area contributed by atoms with Crippen LogP contribution in [-0.2, 0) is 0 Å². The Morgan fingerprint density at radius 2 is 1.93 bits per heavy atom. The molecule has 1 fully saturated rings. The number of urea groups is 1. The number of nitrogens with zero attached hydrogens (tertiary/aromatic N) is 5. The molecule has 0 spiro atoms. The minimum Gasteiger partial charge on any atom is -0.365 e. The van der Waals surface area contributed by atoms with E-state index in [1.54, 1.807) is 12.3 Å². The van der Waals surface area contributed by atoms with Gasteiger partial charge in [0.15, 0.2) is 5.82 Å². The minimum absolute atomic E-state index is 0.0195. The summed E-state index contributed by atoms with van der Waals surface area (Å²) in [4.78, 5) is 29.2. The molecule has 2 atom stereocenters. The molecule has 0 bridgehead atoms. The first kappa shape index (κ1) is 19.9. The number of aromatic nitrogens is 2. The summed E-state index contributed by atoms with van der Waals surface area (Å²) in [5, 5.41) is 3.32. The molecule has 2 amide bonds. The van der Waals surface area contributed by atoms with E-state index in [4.69, 9.17) is 18.2 Å². The number of halogens is 1. The van der Waals surface area contributed by atoms with Gasteiger partial charge in [-0.1, -0.05) is 29.8 Å². The van der Waals surface area contributed by atoms with Crippen molar-refractivity contribution in [2.24, 2.45) is 0 Å². The maximum Gasteiger partial charge on any atom is 0.323 e. The highest BCUT2D eigenvalue weighted by atomic mass is 35.5. The van der Waals surface area contributed by atoms with E-state index in [2.05, 4.69) is 32.0 Å². The lowest BCUT2D eigenvalue weighted by molar-refractivity contribution is 0.173. The number of amides is 2. The van der Waals surface area contributed by atoms with Crippen molar-refractivity contribution in [3.63, 3.8) is 0 Å². The summed E-state index contributed by atoms with van der Waals surface area (Å²) < 4.78 is 0. The third-order valence-electron chi connectivity index (χ3n) is 5.31. The largest absolute Gasteiger partial charge is 0.365 e. The van der Waals surface area contributed by atoms with Crippen LogP contribution in [0.1, 0.15) is 13.8 Å². The quantitative estimate of drug-likeness (QED) is 0.595. The van der Waals surface area contributed by atoms with Crippen molar-refractivity contribution in [2.75, 3.05) is 23.3 Å². The first-order valence-electron chi connectivity index (χ1n) is 9.69. The molecule has 8 heteroatoms. The van der Waals surface area contributed by atoms with Crippen molar-refractivity contribution in [2.45, 2.75) is 25.9 Å². The highest BCUT2D eigenvalue weighted by Gasteiger charge is 2.32. The molecular weight excluding hydrogens is 400 g/mol. The molecule has 0 unspecified atom stereocenters. The van der Waals surface area contributed by atoms with Crippen LogP contribution >= 0.6 is 11.6 Å². The van der Waals surface area contributed by atoms with Gasteiger partial charge in [0.05, 0.1) is 23.8 Å². The number of fused-ring (bicyclic) bond motifs is 1. The van der Waals surface area contributed by atoms with Crippen LogP contribution in [0.15, 0.2) is 48.7 Å². The van der Waals surface area contributed by atoms with Crippen LogP contribution in [0, 0.1) is 6.57 Å². The van der Waals surface area contributed by atoms with Crippen LogP contribution in [0.3, 0.4) is 0 Å². The highest BCUT2D eigenvalue weighted by Crippen LogP contribution is 2.32. The molecular formula is C22H21ClN6O. The number of benzene rings is 2. The summed E-state index contributed by atoms with van der Waals surface area (Å²) in [7, 11) is 0. The zero-order chi connectivity index (χ0) is 21.3. The van der Waals surface area contributed by atoms with Gasteiger partial charge in [-0.05, 0) is 38.1 Å². The standard InChI is InChI=1S/C22H21ClN6O/c1-14-13-29(15(2)12-28(14)16-8-9-18(24-3)17(23)10-16)22(30)27-21-11-25-19-6-4-5-7-20(19)26-21/h4-11,14-15H,12-13H2,1-2H3,(H,26,27,30)/t14-,15+/m0/s1. The fourth-order valence-electron chi connectivity index (χ4n) is 3.73. The smallest absolute Gasteiger partial charge is 0.323 e. The Morgan fingerprint density at radius 1 is 1.17 bits per heavy atom. The predicted molar refractivity (Wildman–Crippen MR) is 119 cm³/mol. The average Bonchev–Trinajstić information content (AvgIpc) is 2.74. The third-order valence-corrected chi connectivity index (χ3v) is 5.62. The van der Waals surface area contributed by atoms with E-state index in [1.807, 2.05) is 48.2 Å². The normalized spacial score (nSPS) is 18.9. The number of carbonyl (C=O) groups excluding carboxylic acids is 1. The number of nitrogens with one attached hydrogen (secondary N) is 1.